The molecular formula is C13H11IO2. The number of ketones is 1. The Kier molecular flexibility index (Phi) is 3.43. The summed E-state index contributed by atoms with van der Waals surface area (Å²) in [6, 6.07) is 9.28. The standard InChI is InChI=1S/C13H11IO2/c1-2-12-11(7-8-16-12)13(15)9-3-5-10(14)6-4-9/h3-8H,2H2,1H3. The van der Waals surface area contributed by atoms with Crippen LogP contribution in [0.3, 0.4) is 0 Å². The first-order chi connectivity index (χ1) is 7.72. The molecule has 82 valence electrons. The Balaban J connectivity index is 2.35. The van der Waals surface area contributed by atoms with E-state index in [0.717, 1.165) is 15.8 Å². The van der Waals surface area contributed by atoms with Gasteiger partial charge >= 0.3 is 0 Å². The van der Waals surface area contributed by atoms with Gasteiger partial charge in [-0.3, -0.25) is 4.79 Å². The van der Waals surface area contributed by atoms with Crippen LogP contribution in [0.15, 0.2) is 41.0 Å². The van der Waals surface area contributed by atoms with Crippen molar-refractivity contribution in [1.82, 2.24) is 0 Å². The number of furan rings is 1. The van der Waals surface area contributed by atoms with Gasteiger partial charge in [0.25, 0.3) is 0 Å². The van der Waals surface area contributed by atoms with E-state index in [9.17, 15) is 4.79 Å². The Morgan fingerprint density at radius 1 is 1.25 bits per heavy atom. The molecule has 0 atom stereocenters. The molecule has 2 nitrogen and oxygen atoms in total. The molecule has 1 heterocycles. The second kappa shape index (κ2) is 4.82. The molecule has 3 heteroatoms. The van der Waals surface area contributed by atoms with E-state index < -0.39 is 0 Å². The number of halogens is 1. The summed E-state index contributed by atoms with van der Waals surface area (Å²) in [6.07, 6.45) is 2.30. The van der Waals surface area contributed by atoms with Crippen LogP contribution >= 0.6 is 22.6 Å². The minimum Gasteiger partial charge on any atom is -0.469 e. The van der Waals surface area contributed by atoms with Gasteiger partial charge in [-0.25, -0.2) is 0 Å². The third-order valence-corrected chi connectivity index (χ3v) is 3.14. The molecule has 16 heavy (non-hydrogen) atoms. The van der Waals surface area contributed by atoms with E-state index in [-0.39, 0.29) is 5.78 Å². The van der Waals surface area contributed by atoms with Gasteiger partial charge in [-0.1, -0.05) is 6.92 Å². The fourth-order valence-corrected chi connectivity index (χ4v) is 1.93. The van der Waals surface area contributed by atoms with Gasteiger partial charge in [-0.15, -0.1) is 0 Å². The number of carbonyl (C=O) groups is 1. The van der Waals surface area contributed by atoms with Crippen molar-refractivity contribution in [3.63, 3.8) is 0 Å². The summed E-state index contributed by atoms with van der Waals surface area (Å²) in [6.45, 7) is 1.98. The van der Waals surface area contributed by atoms with E-state index in [1.165, 1.54) is 0 Å². The summed E-state index contributed by atoms with van der Waals surface area (Å²) in [5.41, 5.74) is 1.38. The maximum absolute atomic E-state index is 12.1. The Morgan fingerprint density at radius 2 is 1.94 bits per heavy atom. The molecule has 0 aliphatic heterocycles. The highest BCUT2D eigenvalue weighted by molar-refractivity contribution is 14.1. The van der Waals surface area contributed by atoms with Gasteiger partial charge in [0.15, 0.2) is 5.78 Å². The van der Waals surface area contributed by atoms with Crippen molar-refractivity contribution < 1.29 is 9.21 Å². The van der Waals surface area contributed by atoms with Crippen LogP contribution in [-0.4, -0.2) is 5.78 Å². The van der Waals surface area contributed by atoms with Crippen LogP contribution in [0.25, 0.3) is 0 Å². The maximum Gasteiger partial charge on any atom is 0.196 e. The average Bonchev–Trinajstić information content (AvgIpc) is 2.77. The van der Waals surface area contributed by atoms with Crippen LogP contribution in [0.1, 0.15) is 28.6 Å². The van der Waals surface area contributed by atoms with Gasteiger partial charge in [0, 0.05) is 15.6 Å². The number of hydrogen-bond donors (Lipinski definition) is 0. The van der Waals surface area contributed by atoms with Crippen LogP contribution in [0.2, 0.25) is 0 Å². The fourth-order valence-electron chi connectivity index (χ4n) is 1.57. The molecule has 1 aromatic heterocycles. The van der Waals surface area contributed by atoms with E-state index in [2.05, 4.69) is 22.6 Å². The Bertz CT molecular complexity index is 497. The molecule has 0 saturated carbocycles. The van der Waals surface area contributed by atoms with Crippen molar-refractivity contribution in [3.05, 3.63) is 57.1 Å². The number of aryl methyl sites for hydroxylation is 1. The lowest BCUT2D eigenvalue weighted by Gasteiger charge is -2.00. The van der Waals surface area contributed by atoms with Gasteiger partial charge in [-0.2, -0.15) is 0 Å². The fraction of sp³-hybridized carbons (Fsp3) is 0.154. The molecule has 0 unspecified atom stereocenters. The first-order valence-corrected chi connectivity index (χ1v) is 6.17. The molecule has 0 aliphatic rings. The normalized spacial score (nSPS) is 10.4. The molecule has 2 aromatic rings. The van der Waals surface area contributed by atoms with E-state index >= 15 is 0 Å². The molecule has 0 fully saturated rings. The van der Waals surface area contributed by atoms with Crippen LogP contribution in [0, 0.1) is 3.57 Å². The molecule has 1 aromatic carbocycles. The zero-order valence-corrected chi connectivity index (χ0v) is 11.0. The van der Waals surface area contributed by atoms with E-state index in [4.69, 9.17) is 4.42 Å². The topological polar surface area (TPSA) is 30.2 Å². The van der Waals surface area contributed by atoms with E-state index in [1.807, 2.05) is 31.2 Å². The number of benzene rings is 1. The first kappa shape index (κ1) is 11.4. The van der Waals surface area contributed by atoms with Crippen molar-refractivity contribution >= 4 is 28.4 Å². The average molecular weight is 326 g/mol. The van der Waals surface area contributed by atoms with Gasteiger partial charge in [0.1, 0.15) is 5.76 Å². The van der Waals surface area contributed by atoms with Crippen molar-refractivity contribution in [2.24, 2.45) is 0 Å². The lowest BCUT2D eigenvalue weighted by atomic mass is 10.0. The highest BCUT2D eigenvalue weighted by Gasteiger charge is 2.14. The molecule has 2 rings (SSSR count). The van der Waals surface area contributed by atoms with Crippen molar-refractivity contribution in [1.29, 1.82) is 0 Å². The summed E-state index contributed by atoms with van der Waals surface area (Å²) in [4.78, 5) is 12.1. The second-order valence-electron chi connectivity index (χ2n) is 3.45. The minimum atomic E-state index is 0.0296. The molecule has 0 aliphatic carbocycles. The summed E-state index contributed by atoms with van der Waals surface area (Å²) in [7, 11) is 0. The predicted molar refractivity (Wildman–Crippen MR) is 70.7 cm³/mol. The highest BCUT2D eigenvalue weighted by atomic mass is 127. The molecule has 0 radical (unpaired) electrons. The predicted octanol–water partition coefficient (Wildman–Crippen LogP) is 3.68. The Hall–Kier alpha value is -1.10. The quantitative estimate of drug-likeness (QED) is 0.636. The zero-order valence-electron chi connectivity index (χ0n) is 8.87. The van der Waals surface area contributed by atoms with Crippen molar-refractivity contribution in [2.75, 3.05) is 0 Å². The number of hydrogen-bond acceptors (Lipinski definition) is 2. The second-order valence-corrected chi connectivity index (χ2v) is 4.69. The van der Waals surface area contributed by atoms with E-state index in [1.54, 1.807) is 12.3 Å². The van der Waals surface area contributed by atoms with E-state index in [0.29, 0.717) is 11.1 Å². The van der Waals surface area contributed by atoms with Gasteiger partial charge in [-0.05, 0) is 52.9 Å². The van der Waals surface area contributed by atoms with Crippen LogP contribution in [0.5, 0.6) is 0 Å². The molecule has 0 N–H and O–H groups in total. The summed E-state index contributed by atoms with van der Waals surface area (Å²) in [5, 5.41) is 0. The summed E-state index contributed by atoms with van der Waals surface area (Å²) < 4.78 is 6.38. The third kappa shape index (κ3) is 2.19. The molecule has 0 spiro atoms. The highest BCUT2D eigenvalue weighted by Crippen LogP contribution is 2.17. The lowest BCUT2D eigenvalue weighted by Crippen LogP contribution is -2.02. The molecule has 0 amide bonds. The number of rotatable bonds is 3. The Labute approximate surface area is 108 Å². The zero-order chi connectivity index (χ0) is 11.5. The molecular weight excluding hydrogens is 315 g/mol. The van der Waals surface area contributed by atoms with Gasteiger partial charge in [0.05, 0.1) is 11.8 Å². The monoisotopic (exact) mass is 326 g/mol. The summed E-state index contributed by atoms with van der Waals surface area (Å²) >= 11 is 2.22. The van der Waals surface area contributed by atoms with Gasteiger partial charge in [0.2, 0.25) is 0 Å². The molecule has 0 saturated heterocycles. The van der Waals surface area contributed by atoms with Crippen molar-refractivity contribution in [2.45, 2.75) is 13.3 Å². The maximum atomic E-state index is 12.1. The lowest BCUT2D eigenvalue weighted by molar-refractivity contribution is 0.103. The summed E-state index contributed by atoms with van der Waals surface area (Å²) in [5.74, 6) is 0.783. The number of carbonyl (C=O) groups excluding carboxylic acids is 1. The first-order valence-electron chi connectivity index (χ1n) is 5.09. The largest absolute Gasteiger partial charge is 0.469 e. The SMILES string of the molecule is CCc1occc1C(=O)c1ccc(I)cc1. The van der Waals surface area contributed by atoms with Gasteiger partial charge < -0.3 is 4.42 Å². The third-order valence-electron chi connectivity index (χ3n) is 2.42. The molecule has 0 bridgehead atoms. The van der Waals surface area contributed by atoms with Crippen LogP contribution in [-0.2, 0) is 6.42 Å². The smallest absolute Gasteiger partial charge is 0.196 e. The Morgan fingerprint density at radius 3 is 2.56 bits per heavy atom. The van der Waals surface area contributed by atoms with Crippen LogP contribution in [0.4, 0.5) is 0 Å². The van der Waals surface area contributed by atoms with Crippen molar-refractivity contribution in [3.8, 4) is 0 Å². The van der Waals surface area contributed by atoms with Crippen LogP contribution < -0.4 is 0 Å². The minimum absolute atomic E-state index is 0.0296.